The summed E-state index contributed by atoms with van der Waals surface area (Å²) in [6.07, 6.45) is 10.0. The summed E-state index contributed by atoms with van der Waals surface area (Å²) in [4.78, 5) is 15.1. The van der Waals surface area contributed by atoms with Crippen molar-refractivity contribution in [1.82, 2.24) is 15.5 Å². The first-order valence-corrected chi connectivity index (χ1v) is 10.8. The molecule has 2 amide bonds. The average molecular weight is 372 g/mol. The molecule has 2 aliphatic heterocycles. The number of nitrogens with one attached hydrogen (secondary N) is 2. The van der Waals surface area contributed by atoms with E-state index in [-0.39, 0.29) is 12.1 Å². The Hall–Kier alpha value is -1.75. The molecule has 0 unspecified atom stereocenters. The van der Waals surface area contributed by atoms with Crippen LogP contribution in [0, 0.1) is 5.92 Å². The van der Waals surface area contributed by atoms with Gasteiger partial charge in [0.1, 0.15) is 5.75 Å². The maximum absolute atomic E-state index is 12.5. The van der Waals surface area contributed by atoms with Gasteiger partial charge in [0.2, 0.25) is 0 Å². The molecule has 4 rings (SSSR count). The van der Waals surface area contributed by atoms with Crippen LogP contribution in [0.4, 0.5) is 4.79 Å². The molecule has 1 saturated heterocycles. The van der Waals surface area contributed by atoms with E-state index in [2.05, 4.69) is 15.5 Å². The molecule has 0 spiro atoms. The molecule has 5 heteroatoms. The predicted octanol–water partition coefficient (Wildman–Crippen LogP) is 3.85. The van der Waals surface area contributed by atoms with Crippen LogP contribution in [0.15, 0.2) is 24.3 Å². The Labute approximate surface area is 162 Å². The van der Waals surface area contributed by atoms with E-state index in [1.807, 2.05) is 24.3 Å². The maximum Gasteiger partial charge on any atom is 0.315 e. The monoisotopic (exact) mass is 371 g/mol. The third kappa shape index (κ3) is 4.95. The summed E-state index contributed by atoms with van der Waals surface area (Å²) in [7, 11) is 0. The first-order valence-electron chi connectivity index (χ1n) is 10.8. The standard InChI is InChI=1S/C22H33N3O2/c26-22(24-20-12-15-27-21-9-5-4-8-19(20)21)23-18-10-13-25(14-11-18)16-17-6-2-1-3-7-17/h4-5,8-9,17-18,20H,1-3,6-7,10-16H2,(H2,23,24,26)/t20-/m1/s1. The number of amides is 2. The molecule has 2 N–H and O–H groups in total. The van der Waals surface area contributed by atoms with Gasteiger partial charge in [0.05, 0.1) is 12.6 Å². The van der Waals surface area contributed by atoms with Gasteiger partial charge in [-0.15, -0.1) is 0 Å². The molecule has 0 bridgehead atoms. The lowest BCUT2D eigenvalue weighted by Crippen LogP contribution is -2.49. The maximum atomic E-state index is 12.5. The fourth-order valence-corrected chi connectivity index (χ4v) is 4.87. The van der Waals surface area contributed by atoms with E-state index in [0.717, 1.165) is 49.6 Å². The summed E-state index contributed by atoms with van der Waals surface area (Å²) >= 11 is 0. The highest BCUT2D eigenvalue weighted by molar-refractivity contribution is 5.75. The second kappa shape index (κ2) is 8.96. The van der Waals surface area contributed by atoms with Gasteiger partial charge in [-0.25, -0.2) is 4.79 Å². The molecule has 0 radical (unpaired) electrons. The number of benzene rings is 1. The van der Waals surface area contributed by atoms with E-state index in [0.29, 0.717) is 12.6 Å². The van der Waals surface area contributed by atoms with E-state index in [1.54, 1.807) is 0 Å². The van der Waals surface area contributed by atoms with Crippen LogP contribution in [-0.4, -0.2) is 43.2 Å². The van der Waals surface area contributed by atoms with Gasteiger partial charge in [-0.05, 0) is 37.7 Å². The predicted molar refractivity (Wildman–Crippen MR) is 107 cm³/mol. The molecule has 1 aromatic rings. The van der Waals surface area contributed by atoms with E-state index in [4.69, 9.17) is 4.74 Å². The van der Waals surface area contributed by atoms with Gasteiger partial charge in [0, 0.05) is 37.7 Å². The molecule has 3 aliphatic rings. The quantitative estimate of drug-likeness (QED) is 0.845. The Bertz CT molecular complexity index is 622. The van der Waals surface area contributed by atoms with Crippen molar-refractivity contribution in [3.05, 3.63) is 29.8 Å². The minimum Gasteiger partial charge on any atom is -0.493 e. The van der Waals surface area contributed by atoms with Crippen LogP contribution in [-0.2, 0) is 0 Å². The van der Waals surface area contributed by atoms with Crippen LogP contribution in [0.25, 0.3) is 0 Å². The third-order valence-corrected chi connectivity index (χ3v) is 6.43. The van der Waals surface area contributed by atoms with Crippen molar-refractivity contribution in [3.8, 4) is 5.75 Å². The summed E-state index contributed by atoms with van der Waals surface area (Å²) < 4.78 is 5.68. The van der Waals surface area contributed by atoms with Crippen molar-refractivity contribution >= 4 is 6.03 Å². The fourth-order valence-electron chi connectivity index (χ4n) is 4.87. The summed E-state index contributed by atoms with van der Waals surface area (Å²) in [6, 6.07) is 8.29. The summed E-state index contributed by atoms with van der Waals surface area (Å²) in [5.74, 6) is 1.80. The number of rotatable bonds is 4. The number of para-hydroxylation sites is 1. The molecule has 2 heterocycles. The average Bonchev–Trinajstić information content (AvgIpc) is 2.71. The molecule has 1 aromatic carbocycles. The number of piperidine rings is 1. The summed E-state index contributed by atoms with van der Waals surface area (Å²) in [5, 5.41) is 6.36. The second-order valence-electron chi connectivity index (χ2n) is 8.42. The van der Waals surface area contributed by atoms with Crippen molar-refractivity contribution in [1.29, 1.82) is 0 Å². The van der Waals surface area contributed by atoms with Crippen molar-refractivity contribution in [2.45, 2.75) is 63.5 Å². The zero-order valence-electron chi connectivity index (χ0n) is 16.3. The smallest absolute Gasteiger partial charge is 0.315 e. The minimum absolute atomic E-state index is 0.0394. The van der Waals surface area contributed by atoms with E-state index in [1.165, 1.54) is 38.6 Å². The number of hydrogen-bond donors (Lipinski definition) is 2. The number of hydrogen-bond acceptors (Lipinski definition) is 3. The van der Waals surface area contributed by atoms with Crippen LogP contribution < -0.4 is 15.4 Å². The van der Waals surface area contributed by atoms with Crippen LogP contribution >= 0.6 is 0 Å². The Morgan fingerprint density at radius 1 is 1.00 bits per heavy atom. The highest BCUT2D eigenvalue weighted by Gasteiger charge is 2.26. The van der Waals surface area contributed by atoms with Crippen LogP contribution in [0.3, 0.4) is 0 Å². The molecule has 2 fully saturated rings. The first-order chi connectivity index (χ1) is 13.3. The molecular weight excluding hydrogens is 338 g/mol. The molecule has 0 aromatic heterocycles. The van der Waals surface area contributed by atoms with Gasteiger partial charge in [-0.3, -0.25) is 0 Å². The minimum atomic E-state index is -0.0394. The van der Waals surface area contributed by atoms with Gasteiger partial charge in [-0.1, -0.05) is 37.5 Å². The molecular formula is C22H33N3O2. The zero-order chi connectivity index (χ0) is 18.5. The highest BCUT2D eigenvalue weighted by atomic mass is 16.5. The lowest BCUT2D eigenvalue weighted by molar-refractivity contribution is 0.155. The topological polar surface area (TPSA) is 53.6 Å². The molecule has 1 saturated carbocycles. The number of carbonyl (C=O) groups is 1. The van der Waals surface area contributed by atoms with E-state index < -0.39 is 0 Å². The largest absolute Gasteiger partial charge is 0.493 e. The van der Waals surface area contributed by atoms with Gasteiger partial charge in [0.25, 0.3) is 0 Å². The fraction of sp³-hybridized carbons (Fsp3) is 0.682. The number of likely N-dealkylation sites (tertiary alicyclic amines) is 1. The summed E-state index contributed by atoms with van der Waals surface area (Å²) in [6.45, 7) is 4.14. The SMILES string of the molecule is O=C(NC1CCN(CC2CCCCC2)CC1)N[C@@H]1CCOc2ccccc21. The van der Waals surface area contributed by atoms with Crippen molar-refractivity contribution < 1.29 is 9.53 Å². The first kappa shape index (κ1) is 18.6. The third-order valence-electron chi connectivity index (χ3n) is 6.43. The molecule has 27 heavy (non-hydrogen) atoms. The van der Waals surface area contributed by atoms with Crippen LogP contribution in [0.5, 0.6) is 5.75 Å². The van der Waals surface area contributed by atoms with Crippen molar-refractivity contribution in [3.63, 3.8) is 0 Å². The van der Waals surface area contributed by atoms with Gasteiger partial charge >= 0.3 is 6.03 Å². The number of ether oxygens (including phenoxy) is 1. The number of nitrogens with zero attached hydrogens (tertiary/aromatic N) is 1. The summed E-state index contributed by atoms with van der Waals surface area (Å²) in [5.41, 5.74) is 1.08. The highest BCUT2D eigenvalue weighted by Crippen LogP contribution is 2.31. The van der Waals surface area contributed by atoms with Crippen molar-refractivity contribution in [2.75, 3.05) is 26.2 Å². The number of urea groups is 1. The normalized spacial score (nSPS) is 24.7. The molecule has 148 valence electrons. The Morgan fingerprint density at radius 3 is 2.59 bits per heavy atom. The Balaban J connectivity index is 1.21. The number of fused-ring (bicyclic) bond motifs is 1. The van der Waals surface area contributed by atoms with Gasteiger partial charge in [-0.2, -0.15) is 0 Å². The number of carbonyl (C=O) groups excluding carboxylic acids is 1. The van der Waals surface area contributed by atoms with Gasteiger partial charge < -0.3 is 20.3 Å². The van der Waals surface area contributed by atoms with Crippen LogP contribution in [0.1, 0.15) is 63.0 Å². The molecule has 1 atom stereocenters. The lowest BCUT2D eigenvalue weighted by atomic mass is 9.88. The molecule has 5 nitrogen and oxygen atoms in total. The Morgan fingerprint density at radius 2 is 1.78 bits per heavy atom. The lowest BCUT2D eigenvalue weighted by Gasteiger charge is -2.36. The molecule has 1 aliphatic carbocycles. The van der Waals surface area contributed by atoms with Crippen LogP contribution in [0.2, 0.25) is 0 Å². The van der Waals surface area contributed by atoms with Gasteiger partial charge in [0.15, 0.2) is 0 Å². The van der Waals surface area contributed by atoms with Crippen molar-refractivity contribution in [2.24, 2.45) is 5.92 Å². The van der Waals surface area contributed by atoms with E-state index >= 15 is 0 Å². The zero-order valence-corrected chi connectivity index (χ0v) is 16.3. The second-order valence-corrected chi connectivity index (χ2v) is 8.42. The van der Waals surface area contributed by atoms with E-state index in [9.17, 15) is 4.79 Å². The Kier molecular flexibility index (Phi) is 6.17.